The molecule has 2 saturated heterocycles. The van der Waals surface area contributed by atoms with E-state index in [0.717, 1.165) is 103 Å². The minimum absolute atomic E-state index is 0.129. The van der Waals surface area contributed by atoms with Gasteiger partial charge in [-0.1, -0.05) is 310 Å². The van der Waals surface area contributed by atoms with E-state index in [9.17, 15) is 40.2 Å². The molecule has 0 spiro atoms. The summed E-state index contributed by atoms with van der Waals surface area (Å²) in [6, 6.07) is 0. The quantitative estimate of drug-likeness (QED) is 0.0269. The van der Waals surface area contributed by atoms with Gasteiger partial charge in [-0.05, 0) is 25.7 Å². The Kier molecular flexibility index (Phi) is 48.4. The van der Waals surface area contributed by atoms with Crippen molar-refractivity contribution in [2.45, 2.75) is 397 Å². The highest BCUT2D eigenvalue weighted by molar-refractivity contribution is 5.79. The molecule has 10 atom stereocenters. The molecule has 2 fully saturated rings. The summed E-state index contributed by atoms with van der Waals surface area (Å²) < 4.78 is 18.0. The first kappa shape index (κ1) is 75.7. The van der Waals surface area contributed by atoms with Crippen LogP contribution in [0, 0.1) is 11.8 Å². The van der Waals surface area contributed by atoms with Crippen LogP contribution in [0.2, 0.25) is 0 Å². The van der Waals surface area contributed by atoms with Crippen molar-refractivity contribution in [3.63, 3.8) is 0 Å². The first-order valence-corrected chi connectivity index (χ1v) is 35.1. The van der Waals surface area contributed by atoms with Crippen LogP contribution in [0.5, 0.6) is 0 Å². The summed E-state index contributed by atoms with van der Waals surface area (Å²) in [5.41, 5.74) is 0. The highest BCUT2D eigenvalue weighted by Crippen LogP contribution is 2.30. The van der Waals surface area contributed by atoms with E-state index in [4.69, 9.17) is 14.2 Å². The molecule has 0 aromatic carbocycles. The molecule has 13 nitrogen and oxygen atoms in total. The van der Waals surface area contributed by atoms with Crippen LogP contribution in [0.25, 0.3) is 0 Å². The summed E-state index contributed by atoms with van der Waals surface area (Å²) in [4.78, 5) is 27.8. The van der Waals surface area contributed by atoms with Crippen molar-refractivity contribution >= 4 is 11.8 Å². The van der Waals surface area contributed by atoms with Gasteiger partial charge in [-0.25, -0.2) is 0 Å². The third-order valence-corrected chi connectivity index (χ3v) is 17.9. The van der Waals surface area contributed by atoms with Gasteiger partial charge in [0.2, 0.25) is 11.8 Å². The van der Waals surface area contributed by atoms with Gasteiger partial charge in [0.05, 0.1) is 0 Å². The molecule has 2 amide bonds. The fourth-order valence-electron chi connectivity index (χ4n) is 12.3. The van der Waals surface area contributed by atoms with Gasteiger partial charge in [0.15, 0.2) is 12.6 Å². The number of nitrogens with one attached hydrogen (secondary N) is 2. The number of aliphatic hydroxyl groups excluding tert-OH is 6. The van der Waals surface area contributed by atoms with E-state index < -0.39 is 61.4 Å². The van der Waals surface area contributed by atoms with Crippen molar-refractivity contribution in [1.82, 2.24) is 10.6 Å². The lowest BCUT2D eigenvalue weighted by atomic mass is 9.92. The minimum atomic E-state index is -1.77. The number of carbonyl (C=O) groups excluding carboxylic acids is 2. The standard InChI is InChI=1S/C68H132N2O11/c1-5-9-13-17-21-25-29-33-37-41-45-49-55(50-46-42-38-34-30-26-22-18-14-10-6-2)65(77)69-53-57-59(71)61(73)63(75)67(79-57)81-68-64(76)62(74)60(72)58(80-68)54-70-66(78)56(51-47-43-39-35-31-27-23-19-15-11-7-3)52-48-44-40-36-32-28-24-20-16-12-8-4/h55-64,67-68,71-76H,5-54H2,1-4H3,(H,69,77)(H,70,78)/t57-,58?,59-,60-,61+,62+,63-,64-,67-,68-/m1/s1. The fourth-order valence-corrected chi connectivity index (χ4v) is 12.3. The van der Waals surface area contributed by atoms with Crippen molar-refractivity contribution in [1.29, 1.82) is 0 Å². The second-order valence-corrected chi connectivity index (χ2v) is 25.3. The number of hydrogen-bond donors (Lipinski definition) is 8. The molecule has 13 heteroatoms. The average Bonchev–Trinajstić information content (AvgIpc) is 3.48. The molecular formula is C68H132N2O11. The van der Waals surface area contributed by atoms with E-state index >= 15 is 0 Å². The minimum Gasteiger partial charge on any atom is -0.388 e. The maximum absolute atomic E-state index is 13.9. The molecule has 2 aliphatic heterocycles. The smallest absolute Gasteiger partial charge is 0.223 e. The number of hydrogen-bond acceptors (Lipinski definition) is 11. The van der Waals surface area contributed by atoms with Gasteiger partial charge in [0.1, 0.15) is 48.8 Å². The topological polar surface area (TPSA) is 207 Å². The normalized spacial score (nSPS) is 23.2. The van der Waals surface area contributed by atoms with Gasteiger partial charge in [-0.3, -0.25) is 9.59 Å². The maximum atomic E-state index is 13.9. The van der Waals surface area contributed by atoms with E-state index in [0.29, 0.717) is 0 Å². The van der Waals surface area contributed by atoms with Crippen molar-refractivity contribution in [3.05, 3.63) is 0 Å². The molecule has 0 saturated carbocycles. The Hall–Kier alpha value is -1.42. The Morgan fingerprint density at radius 3 is 0.716 bits per heavy atom. The van der Waals surface area contributed by atoms with Crippen LogP contribution < -0.4 is 10.6 Å². The molecule has 0 aromatic heterocycles. The fraction of sp³-hybridized carbons (Fsp3) is 0.971. The number of carbonyl (C=O) groups is 2. The lowest BCUT2D eigenvalue weighted by Gasteiger charge is -2.45. The SMILES string of the molecule is CCCCCCCCCCCCCC(CCCCCCCCCCCCC)C(=O)NCC1O[C@H](O[C@H]2O[C@H](CNC(=O)C(CCCCCCCCCCCCC)CCCCCCCCCCCCC)[C@@H](O)[C@H](O)[C@H]2O)[C@H](O)[C@@H](O)[C@@H]1O. The van der Waals surface area contributed by atoms with Gasteiger partial charge in [-0.15, -0.1) is 0 Å². The summed E-state index contributed by atoms with van der Waals surface area (Å²) in [6.07, 6.45) is 41.5. The van der Waals surface area contributed by atoms with Crippen molar-refractivity contribution in [2.24, 2.45) is 11.8 Å². The first-order chi connectivity index (χ1) is 39.5. The molecule has 2 rings (SSSR count). The molecule has 0 aliphatic carbocycles. The second kappa shape index (κ2) is 51.8. The summed E-state index contributed by atoms with van der Waals surface area (Å²) in [7, 11) is 0. The first-order valence-electron chi connectivity index (χ1n) is 35.1. The maximum Gasteiger partial charge on any atom is 0.223 e. The Morgan fingerprint density at radius 1 is 0.309 bits per heavy atom. The third-order valence-electron chi connectivity index (χ3n) is 17.9. The Balaban J connectivity index is 1.99. The van der Waals surface area contributed by atoms with Crippen LogP contribution in [0.4, 0.5) is 0 Å². The second-order valence-electron chi connectivity index (χ2n) is 25.3. The van der Waals surface area contributed by atoms with Crippen LogP contribution in [-0.2, 0) is 23.8 Å². The third kappa shape index (κ3) is 36.4. The lowest BCUT2D eigenvalue weighted by molar-refractivity contribution is -0.372. The summed E-state index contributed by atoms with van der Waals surface area (Å²) in [6.45, 7) is 8.69. The van der Waals surface area contributed by atoms with Gasteiger partial charge in [-0.2, -0.15) is 0 Å². The van der Waals surface area contributed by atoms with Crippen molar-refractivity contribution in [3.8, 4) is 0 Å². The van der Waals surface area contributed by atoms with Crippen LogP contribution in [-0.4, -0.2) is 117 Å². The number of ether oxygens (including phenoxy) is 3. The van der Waals surface area contributed by atoms with E-state index in [1.165, 1.54) is 205 Å². The summed E-state index contributed by atoms with van der Waals surface area (Å²) in [5, 5.41) is 72.5. The molecular weight excluding hydrogens is 1020 g/mol. The zero-order chi connectivity index (χ0) is 59.0. The molecule has 81 heavy (non-hydrogen) atoms. The largest absolute Gasteiger partial charge is 0.388 e. The molecule has 2 aliphatic rings. The van der Waals surface area contributed by atoms with E-state index in [1.807, 2.05) is 0 Å². The monoisotopic (exact) mass is 1150 g/mol. The van der Waals surface area contributed by atoms with Crippen LogP contribution in [0.15, 0.2) is 0 Å². The highest BCUT2D eigenvalue weighted by atomic mass is 16.8. The predicted molar refractivity (Wildman–Crippen MR) is 332 cm³/mol. The van der Waals surface area contributed by atoms with E-state index in [2.05, 4.69) is 38.3 Å². The van der Waals surface area contributed by atoms with Gasteiger partial charge in [0.25, 0.3) is 0 Å². The van der Waals surface area contributed by atoms with Crippen LogP contribution >= 0.6 is 0 Å². The van der Waals surface area contributed by atoms with E-state index in [-0.39, 0.29) is 36.7 Å². The molecule has 480 valence electrons. The van der Waals surface area contributed by atoms with Crippen LogP contribution in [0.1, 0.15) is 336 Å². The lowest BCUT2D eigenvalue weighted by Crippen LogP contribution is -2.65. The molecule has 0 radical (unpaired) electrons. The molecule has 1 unspecified atom stereocenters. The van der Waals surface area contributed by atoms with Crippen LogP contribution in [0.3, 0.4) is 0 Å². The average molecular weight is 1150 g/mol. The van der Waals surface area contributed by atoms with Gasteiger partial charge in [0, 0.05) is 24.9 Å². The zero-order valence-electron chi connectivity index (χ0n) is 53.0. The van der Waals surface area contributed by atoms with Crippen molar-refractivity contribution in [2.75, 3.05) is 13.1 Å². The van der Waals surface area contributed by atoms with E-state index in [1.54, 1.807) is 0 Å². The number of aliphatic hydroxyl groups is 6. The number of amides is 2. The Morgan fingerprint density at radius 2 is 0.506 bits per heavy atom. The van der Waals surface area contributed by atoms with Crippen molar-refractivity contribution < 1.29 is 54.4 Å². The Bertz CT molecular complexity index is 1270. The zero-order valence-corrected chi connectivity index (χ0v) is 53.0. The van der Waals surface area contributed by atoms with Gasteiger partial charge >= 0.3 is 0 Å². The summed E-state index contributed by atoms with van der Waals surface area (Å²) >= 11 is 0. The molecule has 0 bridgehead atoms. The predicted octanol–water partition coefficient (Wildman–Crippen LogP) is 14.9. The summed E-state index contributed by atoms with van der Waals surface area (Å²) in [5.74, 6) is -0.663. The Labute approximate surface area is 497 Å². The highest BCUT2D eigenvalue weighted by Gasteiger charge is 2.50. The molecule has 8 N–H and O–H groups in total. The molecule has 0 aromatic rings. The number of rotatable bonds is 56. The number of unbranched alkanes of at least 4 members (excludes halogenated alkanes) is 40. The molecule has 2 heterocycles. The van der Waals surface area contributed by atoms with Gasteiger partial charge < -0.3 is 55.5 Å².